The number of pyridine rings is 1. The minimum atomic E-state index is -4.90. The Hall–Kier alpha value is -2.69. The molecule has 3 nitrogen and oxygen atoms in total. The van der Waals surface area contributed by atoms with E-state index in [9.17, 15) is 30.7 Å². The SMILES string of the molecule is COC(CNC(Cc1ccccc1)(c1cc(F)cc(C(F)(F)F)c1)c1ccc(Cl)cn1)C(F)(F)F. The Balaban J connectivity index is 2.27. The highest BCUT2D eigenvalue weighted by atomic mass is 35.5. The van der Waals surface area contributed by atoms with Gasteiger partial charge in [0.1, 0.15) is 5.82 Å². The van der Waals surface area contributed by atoms with Crippen LogP contribution in [0.3, 0.4) is 0 Å². The topological polar surface area (TPSA) is 34.1 Å². The Bertz CT molecular complexity index is 1120. The lowest BCUT2D eigenvalue weighted by atomic mass is 9.79. The molecule has 2 unspecified atom stereocenters. The van der Waals surface area contributed by atoms with Crippen LogP contribution < -0.4 is 5.32 Å². The van der Waals surface area contributed by atoms with Crippen molar-refractivity contribution in [3.05, 3.63) is 100 Å². The largest absolute Gasteiger partial charge is 0.416 e. The van der Waals surface area contributed by atoms with E-state index in [2.05, 4.69) is 15.0 Å². The zero-order chi connectivity index (χ0) is 25.9. The molecule has 0 aliphatic heterocycles. The molecule has 1 N–H and O–H groups in total. The van der Waals surface area contributed by atoms with E-state index in [-0.39, 0.29) is 22.7 Å². The van der Waals surface area contributed by atoms with Gasteiger partial charge >= 0.3 is 12.4 Å². The first kappa shape index (κ1) is 26.9. The van der Waals surface area contributed by atoms with Gasteiger partial charge in [-0.2, -0.15) is 26.3 Å². The summed E-state index contributed by atoms with van der Waals surface area (Å²) in [6.45, 7) is -0.852. The molecule has 3 aromatic rings. The van der Waals surface area contributed by atoms with E-state index in [0.29, 0.717) is 17.7 Å². The lowest BCUT2D eigenvalue weighted by Crippen LogP contribution is -2.52. The summed E-state index contributed by atoms with van der Waals surface area (Å²) >= 11 is 5.93. The van der Waals surface area contributed by atoms with Crippen LogP contribution in [0.1, 0.15) is 22.4 Å². The molecular formula is C24H20ClF7N2O. The van der Waals surface area contributed by atoms with Crippen LogP contribution in [-0.4, -0.2) is 30.9 Å². The van der Waals surface area contributed by atoms with Crippen molar-refractivity contribution in [1.82, 2.24) is 10.3 Å². The van der Waals surface area contributed by atoms with Crippen molar-refractivity contribution in [3.8, 4) is 0 Å². The molecule has 188 valence electrons. The third kappa shape index (κ3) is 6.50. The third-order valence-corrected chi connectivity index (χ3v) is 5.66. The van der Waals surface area contributed by atoms with E-state index in [1.54, 1.807) is 30.3 Å². The summed E-state index contributed by atoms with van der Waals surface area (Å²) in [4.78, 5) is 4.19. The molecular weight excluding hydrogens is 501 g/mol. The van der Waals surface area contributed by atoms with Gasteiger partial charge in [-0.1, -0.05) is 41.9 Å². The number of methoxy groups -OCH3 is 1. The van der Waals surface area contributed by atoms with Gasteiger partial charge in [0.25, 0.3) is 0 Å². The van der Waals surface area contributed by atoms with Crippen molar-refractivity contribution in [3.63, 3.8) is 0 Å². The van der Waals surface area contributed by atoms with Crippen LogP contribution in [0.25, 0.3) is 0 Å². The molecule has 1 aromatic heterocycles. The van der Waals surface area contributed by atoms with Crippen molar-refractivity contribution in [2.45, 2.75) is 30.4 Å². The van der Waals surface area contributed by atoms with Gasteiger partial charge in [-0.25, -0.2) is 4.39 Å². The highest BCUT2D eigenvalue weighted by Gasteiger charge is 2.44. The first-order valence-corrected chi connectivity index (χ1v) is 10.6. The quantitative estimate of drug-likeness (QED) is 0.342. The molecule has 2 atom stereocenters. The van der Waals surface area contributed by atoms with Crippen LogP contribution in [0.5, 0.6) is 0 Å². The minimum absolute atomic E-state index is 0.0431. The van der Waals surface area contributed by atoms with Crippen LogP contribution in [-0.2, 0) is 22.9 Å². The number of aromatic nitrogens is 1. The second-order valence-electron chi connectivity index (χ2n) is 7.80. The zero-order valence-electron chi connectivity index (χ0n) is 18.2. The molecule has 11 heteroatoms. The van der Waals surface area contributed by atoms with Crippen molar-refractivity contribution in [1.29, 1.82) is 0 Å². The molecule has 0 bridgehead atoms. The van der Waals surface area contributed by atoms with E-state index in [4.69, 9.17) is 11.6 Å². The first-order chi connectivity index (χ1) is 16.3. The van der Waals surface area contributed by atoms with Gasteiger partial charge < -0.3 is 4.74 Å². The van der Waals surface area contributed by atoms with Gasteiger partial charge in [-0.05, 0) is 41.5 Å². The second-order valence-corrected chi connectivity index (χ2v) is 8.24. The van der Waals surface area contributed by atoms with E-state index in [0.717, 1.165) is 13.2 Å². The predicted molar refractivity (Wildman–Crippen MR) is 116 cm³/mol. The molecule has 0 aliphatic carbocycles. The summed E-state index contributed by atoms with van der Waals surface area (Å²) < 4.78 is 100. The van der Waals surface area contributed by atoms with Gasteiger partial charge in [0.15, 0.2) is 6.10 Å². The van der Waals surface area contributed by atoms with E-state index in [1.807, 2.05) is 0 Å². The number of nitrogens with one attached hydrogen (secondary N) is 1. The Morgan fingerprint density at radius 2 is 1.60 bits per heavy atom. The summed E-state index contributed by atoms with van der Waals surface area (Å²) in [5.41, 5.74) is -2.77. The van der Waals surface area contributed by atoms with Crippen molar-refractivity contribution >= 4 is 11.6 Å². The second kappa shape index (κ2) is 10.5. The van der Waals surface area contributed by atoms with Gasteiger partial charge in [-0.3, -0.25) is 10.3 Å². The Kier molecular flexibility index (Phi) is 8.08. The van der Waals surface area contributed by atoms with Crippen LogP contribution in [0.15, 0.2) is 66.9 Å². The monoisotopic (exact) mass is 520 g/mol. The van der Waals surface area contributed by atoms with Crippen molar-refractivity contribution in [2.24, 2.45) is 0 Å². The number of rotatable bonds is 8. The molecule has 0 saturated heterocycles. The normalized spacial score (nSPS) is 15.0. The predicted octanol–water partition coefficient (Wildman–Crippen LogP) is 6.55. The third-order valence-electron chi connectivity index (χ3n) is 5.43. The minimum Gasteiger partial charge on any atom is -0.371 e. The molecule has 0 amide bonds. The Morgan fingerprint density at radius 3 is 2.14 bits per heavy atom. The molecule has 0 spiro atoms. The highest BCUT2D eigenvalue weighted by molar-refractivity contribution is 6.30. The average Bonchev–Trinajstić information content (AvgIpc) is 2.78. The lowest BCUT2D eigenvalue weighted by Gasteiger charge is -2.37. The number of nitrogens with zero attached hydrogens (tertiary/aromatic N) is 1. The molecule has 0 aliphatic rings. The van der Waals surface area contributed by atoms with Crippen molar-refractivity contribution < 1.29 is 35.5 Å². The zero-order valence-corrected chi connectivity index (χ0v) is 19.0. The fraction of sp³-hybridized carbons (Fsp3) is 0.292. The van der Waals surface area contributed by atoms with Gasteiger partial charge in [0, 0.05) is 26.3 Å². The summed E-state index contributed by atoms with van der Waals surface area (Å²) in [6, 6.07) is 12.9. The summed E-state index contributed by atoms with van der Waals surface area (Å²) in [6.07, 6.45) is -10.9. The summed E-state index contributed by atoms with van der Waals surface area (Å²) in [5.74, 6) is -1.21. The van der Waals surface area contributed by atoms with Crippen LogP contribution in [0.4, 0.5) is 30.7 Å². The maximum absolute atomic E-state index is 14.5. The van der Waals surface area contributed by atoms with E-state index >= 15 is 0 Å². The van der Waals surface area contributed by atoms with Crippen LogP contribution >= 0.6 is 11.6 Å². The Morgan fingerprint density at radius 1 is 0.943 bits per heavy atom. The van der Waals surface area contributed by atoms with E-state index < -0.39 is 41.9 Å². The molecule has 0 radical (unpaired) electrons. The Labute approximate surface area is 201 Å². The summed E-state index contributed by atoms with van der Waals surface area (Å²) in [5, 5.41) is 2.91. The van der Waals surface area contributed by atoms with Gasteiger partial charge in [0.2, 0.25) is 0 Å². The summed E-state index contributed by atoms with van der Waals surface area (Å²) in [7, 11) is 0.864. The fourth-order valence-electron chi connectivity index (χ4n) is 3.73. The van der Waals surface area contributed by atoms with Crippen molar-refractivity contribution in [2.75, 3.05) is 13.7 Å². The maximum atomic E-state index is 14.5. The number of halogens is 8. The number of benzene rings is 2. The van der Waals surface area contributed by atoms with Crippen LogP contribution in [0, 0.1) is 5.82 Å². The lowest BCUT2D eigenvalue weighted by molar-refractivity contribution is -0.211. The standard InChI is InChI=1S/C24H20ClF7N2O/c1-35-21(24(30,31)32)14-34-22(12-15-5-3-2-4-6-15,20-8-7-18(25)13-33-20)16-9-17(23(27,28)29)11-19(26)10-16/h2-11,13,21,34H,12,14H2,1H3. The molecule has 0 saturated carbocycles. The maximum Gasteiger partial charge on any atom is 0.416 e. The number of hydrogen-bond acceptors (Lipinski definition) is 3. The molecule has 3 rings (SSSR count). The van der Waals surface area contributed by atoms with Crippen LogP contribution in [0.2, 0.25) is 5.02 Å². The smallest absolute Gasteiger partial charge is 0.371 e. The fourth-order valence-corrected chi connectivity index (χ4v) is 3.84. The number of ether oxygens (including phenoxy) is 1. The first-order valence-electron chi connectivity index (χ1n) is 10.2. The average molecular weight is 521 g/mol. The number of alkyl halides is 6. The van der Waals surface area contributed by atoms with Gasteiger partial charge in [0.05, 0.1) is 21.8 Å². The molecule has 0 fully saturated rings. The van der Waals surface area contributed by atoms with E-state index in [1.165, 1.54) is 18.3 Å². The molecule has 35 heavy (non-hydrogen) atoms. The molecule has 1 heterocycles. The van der Waals surface area contributed by atoms with Gasteiger partial charge in [-0.15, -0.1) is 0 Å². The molecule has 2 aromatic carbocycles. The number of hydrogen-bond donors (Lipinski definition) is 1. The highest BCUT2D eigenvalue weighted by Crippen LogP contribution is 2.38.